The molecule has 3 heterocycles. The zero-order chi connectivity index (χ0) is 25.8. The first-order chi connectivity index (χ1) is 17.1. The van der Waals surface area contributed by atoms with E-state index in [9.17, 15) is 22.8 Å². The van der Waals surface area contributed by atoms with E-state index in [-0.39, 0.29) is 41.5 Å². The third-order valence-corrected chi connectivity index (χ3v) is 9.14. The number of hydrogen-bond donors (Lipinski definition) is 1. The summed E-state index contributed by atoms with van der Waals surface area (Å²) in [5, 5.41) is 1.54. The molecule has 10 nitrogen and oxygen atoms in total. The molecule has 1 aromatic rings. The maximum atomic E-state index is 13.7. The van der Waals surface area contributed by atoms with Crippen molar-refractivity contribution in [1.82, 2.24) is 19.6 Å². The van der Waals surface area contributed by atoms with Gasteiger partial charge >= 0.3 is 0 Å². The van der Waals surface area contributed by atoms with Crippen molar-refractivity contribution < 1.29 is 22.8 Å². The molecule has 3 aliphatic heterocycles. The van der Waals surface area contributed by atoms with Crippen LogP contribution >= 0.6 is 0 Å². The molecule has 4 fully saturated rings. The number of imide groups is 1. The van der Waals surface area contributed by atoms with Gasteiger partial charge in [0.1, 0.15) is 6.04 Å². The Labute approximate surface area is 212 Å². The monoisotopic (exact) mass is 517 g/mol. The van der Waals surface area contributed by atoms with Crippen LogP contribution < -0.4 is 9.73 Å². The minimum Gasteiger partial charge on any atom is -0.378 e. The third-order valence-electron chi connectivity index (χ3n) is 7.92. The number of fused-ring (bicyclic) bond motifs is 1. The Morgan fingerprint density at radius 3 is 2.53 bits per heavy atom. The zero-order valence-corrected chi connectivity index (χ0v) is 21.9. The maximum absolute atomic E-state index is 13.7. The summed E-state index contributed by atoms with van der Waals surface area (Å²) in [5.41, 5.74) is 1.58. The summed E-state index contributed by atoms with van der Waals surface area (Å²) < 4.78 is 26.0. The van der Waals surface area contributed by atoms with Crippen molar-refractivity contribution in [2.24, 2.45) is 11.8 Å². The van der Waals surface area contributed by atoms with Crippen LogP contribution in [0.15, 0.2) is 24.3 Å². The Morgan fingerprint density at radius 1 is 1.08 bits per heavy atom. The highest BCUT2D eigenvalue weighted by molar-refractivity contribution is 7.88. The number of amides is 3. The second-order valence-electron chi connectivity index (χ2n) is 10.8. The number of anilines is 1. The van der Waals surface area contributed by atoms with E-state index < -0.39 is 22.0 Å². The fourth-order valence-corrected chi connectivity index (χ4v) is 7.21. The Bertz CT molecular complexity index is 1170. The van der Waals surface area contributed by atoms with Gasteiger partial charge < -0.3 is 9.80 Å². The van der Waals surface area contributed by atoms with Crippen LogP contribution in [0.2, 0.25) is 0 Å². The molecule has 3 saturated heterocycles. The van der Waals surface area contributed by atoms with E-state index in [4.69, 9.17) is 0 Å². The molecule has 1 N–H and O–H groups in total. The van der Waals surface area contributed by atoms with E-state index in [2.05, 4.69) is 4.83 Å². The molecule has 0 spiro atoms. The second-order valence-corrected chi connectivity index (χ2v) is 12.5. The predicted molar refractivity (Wildman–Crippen MR) is 134 cm³/mol. The smallest absolute Gasteiger partial charge is 0.241 e. The molecule has 1 saturated carbocycles. The van der Waals surface area contributed by atoms with Crippen LogP contribution in [0.3, 0.4) is 0 Å². The number of nitrogens with zero attached hydrogens (tertiary/aromatic N) is 4. The van der Waals surface area contributed by atoms with Crippen LogP contribution in [-0.2, 0) is 30.2 Å². The molecule has 4 atom stereocenters. The van der Waals surface area contributed by atoms with E-state index in [1.54, 1.807) is 17.9 Å². The number of rotatable bonds is 7. The number of hydrazine groups is 1. The van der Waals surface area contributed by atoms with Crippen molar-refractivity contribution in [2.75, 3.05) is 32.1 Å². The molecule has 0 unspecified atom stereocenters. The number of hydrogen-bond acceptors (Lipinski definition) is 7. The Morgan fingerprint density at radius 2 is 1.83 bits per heavy atom. The quantitative estimate of drug-likeness (QED) is 0.536. The standard InChI is InChI=1S/C25H35N5O5S/c1-16-22-20(30(23(16)31)24(32)18-9-10-18)11-13-28(22)25(33)21-8-5-12-29(21)26-36(34,35)15-17-6-4-7-19(14-17)27(2)3/h4,6-7,14,16,18,20-22,26H,5,8-13,15H2,1-3H3/t16-,20-,21-,22+/m0/s1. The molecule has 4 aliphatic rings. The topological polar surface area (TPSA) is 110 Å². The number of nitrogens with one attached hydrogen (secondary N) is 1. The molecule has 1 aliphatic carbocycles. The minimum atomic E-state index is -3.73. The lowest BCUT2D eigenvalue weighted by Gasteiger charge is -2.32. The first-order valence-corrected chi connectivity index (χ1v) is 14.4. The van der Waals surface area contributed by atoms with E-state index >= 15 is 0 Å². The number of sulfonamides is 1. The molecule has 1 aromatic carbocycles. The van der Waals surface area contributed by atoms with Crippen molar-refractivity contribution in [1.29, 1.82) is 0 Å². The third kappa shape index (κ3) is 4.64. The average Bonchev–Trinajstić information content (AvgIpc) is 3.36. The summed E-state index contributed by atoms with van der Waals surface area (Å²) in [6.45, 7) is 2.70. The van der Waals surface area contributed by atoms with Gasteiger partial charge in [-0.2, -0.15) is 0 Å². The van der Waals surface area contributed by atoms with Crippen molar-refractivity contribution >= 4 is 33.4 Å². The first-order valence-electron chi connectivity index (χ1n) is 12.8. The van der Waals surface area contributed by atoms with Crippen LogP contribution in [-0.4, -0.2) is 86.3 Å². The highest BCUT2D eigenvalue weighted by Gasteiger charge is 2.57. The van der Waals surface area contributed by atoms with Gasteiger partial charge in [-0.05, 0) is 49.8 Å². The molecule has 0 aromatic heterocycles. The number of benzene rings is 1. The molecule has 0 bridgehead atoms. The molecule has 0 radical (unpaired) electrons. The van der Waals surface area contributed by atoms with Crippen molar-refractivity contribution in [2.45, 2.75) is 62.9 Å². The fourth-order valence-electron chi connectivity index (χ4n) is 5.95. The summed E-state index contributed by atoms with van der Waals surface area (Å²) in [4.78, 5) is 47.1. The first kappa shape index (κ1) is 25.2. The number of carbonyl (C=O) groups is 3. The molecular weight excluding hydrogens is 482 g/mol. The van der Waals surface area contributed by atoms with E-state index in [0.717, 1.165) is 18.5 Å². The predicted octanol–water partition coefficient (Wildman–Crippen LogP) is 0.936. The van der Waals surface area contributed by atoms with Crippen LogP contribution in [0.5, 0.6) is 0 Å². The summed E-state index contributed by atoms with van der Waals surface area (Å²) >= 11 is 0. The average molecular weight is 518 g/mol. The summed E-state index contributed by atoms with van der Waals surface area (Å²) in [5.74, 6) is -1.14. The van der Waals surface area contributed by atoms with Gasteiger partial charge in [0.15, 0.2) is 0 Å². The van der Waals surface area contributed by atoms with Gasteiger partial charge in [0.25, 0.3) is 0 Å². The van der Waals surface area contributed by atoms with Gasteiger partial charge in [0.05, 0.1) is 23.8 Å². The normalized spacial score (nSPS) is 28.6. The summed E-state index contributed by atoms with van der Waals surface area (Å²) in [6.07, 6.45) is 3.46. The lowest BCUT2D eigenvalue weighted by molar-refractivity contribution is -0.146. The number of likely N-dealkylation sites (tertiary alicyclic amines) is 2. The highest BCUT2D eigenvalue weighted by atomic mass is 32.2. The van der Waals surface area contributed by atoms with Crippen molar-refractivity contribution in [3.05, 3.63) is 29.8 Å². The SMILES string of the molecule is C[C@@H]1C(=O)N(C(=O)C2CC2)[C@H]2CCN(C(=O)[C@@H]3CCCN3NS(=O)(=O)Cc3cccc(N(C)C)c3)[C@H]12. The lowest BCUT2D eigenvalue weighted by atomic mass is 10.0. The highest BCUT2D eigenvalue weighted by Crippen LogP contribution is 2.41. The Hall–Kier alpha value is -2.50. The Kier molecular flexibility index (Phi) is 6.59. The van der Waals surface area contributed by atoms with Gasteiger partial charge in [-0.3, -0.25) is 19.3 Å². The van der Waals surface area contributed by atoms with Gasteiger partial charge in [0, 0.05) is 38.8 Å². The van der Waals surface area contributed by atoms with E-state index in [1.165, 1.54) is 9.91 Å². The summed E-state index contributed by atoms with van der Waals surface area (Å²) in [7, 11) is 0.0653. The van der Waals surface area contributed by atoms with E-state index in [0.29, 0.717) is 37.9 Å². The molecule has 5 rings (SSSR count). The maximum Gasteiger partial charge on any atom is 0.241 e. The largest absolute Gasteiger partial charge is 0.378 e. The van der Waals surface area contributed by atoms with Gasteiger partial charge in [0.2, 0.25) is 27.7 Å². The Balaban J connectivity index is 1.27. The molecule has 36 heavy (non-hydrogen) atoms. The van der Waals surface area contributed by atoms with Crippen LogP contribution in [0.1, 0.15) is 44.6 Å². The number of carbonyl (C=O) groups excluding carboxylic acids is 3. The zero-order valence-electron chi connectivity index (χ0n) is 21.1. The van der Waals surface area contributed by atoms with Crippen LogP contribution in [0.4, 0.5) is 5.69 Å². The van der Waals surface area contributed by atoms with Gasteiger partial charge in [-0.15, -0.1) is 4.83 Å². The van der Waals surface area contributed by atoms with Crippen LogP contribution in [0, 0.1) is 11.8 Å². The summed E-state index contributed by atoms with van der Waals surface area (Å²) in [6, 6.07) is 6.10. The molecule has 196 valence electrons. The van der Waals surface area contributed by atoms with Crippen molar-refractivity contribution in [3.8, 4) is 0 Å². The fraction of sp³-hybridized carbons (Fsp3) is 0.640. The van der Waals surface area contributed by atoms with Crippen molar-refractivity contribution in [3.63, 3.8) is 0 Å². The molecule has 11 heteroatoms. The second kappa shape index (κ2) is 9.42. The molecule has 3 amide bonds. The lowest BCUT2D eigenvalue weighted by Crippen LogP contribution is -2.54. The van der Waals surface area contributed by atoms with E-state index in [1.807, 2.05) is 37.2 Å². The minimum absolute atomic E-state index is 0.0530. The molecular formula is C25H35N5O5S. The van der Waals surface area contributed by atoms with Gasteiger partial charge in [-0.25, -0.2) is 13.4 Å². The van der Waals surface area contributed by atoms with Gasteiger partial charge in [-0.1, -0.05) is 19.1 Å². The van der Waals surface area contributed by atoms with Crippen LogP contribution in [0.25, 0.3) is 0 Å².